The first-order valence-electron chi connectivity index (χ1n) is 6.69. The highest BCUT2D eigenvalue weighted by Gasteiger charge is 2.32. The van der Waals surface area contributed by atoms with Gasteiger partial charge in [0.1, 0.15) is 11.9 Å². The highest BCUT2D eigenvalue weighted by molar-refractivity contribution is 5.92. The Morgan fingerprint density at radius 2 is 2.09 bits per heavy atom. The van der Waals surface area contributed by atoms with Gasteiger partial charge in [-0.15, -0.1) is 0 Å². The summed E-state index contributed by atoms with van der Waals surface area (Å²) < 4.78 is 23.0. The molecule has 1 aliphatic heterocycles. The summed E-state index contributed by atoms with van der Waals surface area (Å²) in [4.78, 5) is 24.9. The zero-order chi connectivity index (χ0) is 15.5. The SMILES string of the molecule is O=C(NC[C@@H]1CN(c2ccc(F)cc2)C(=O)O1)c1ccco1. The fourth-order valence-corrected chi connectivity index (χ4v) is 2.16. The molecule has 0 radical (unpaired) electrons. The number of nitrogens with zero attached hydrogens (tertiary/aromatic N) is 1. The molecule has 114 valence electrons. The van der Waals surface area contributed by atoms with E-state index in [1.54, 1.807) is 12.1 Å². The number of ether oxygens (including phenoxy) is 1. The number of carbonyl (C=O) groups is 2. The van der Waals surface area contributed by atoms with E-state index in [4.69, 9.17) is 9.15 Å². The van der Waals surface area contributed by atoms with Crippen LogP contribution in [0.2, 0.25) is 0 Å². The van der Waals surface area contributed by atoms with Gasteiger partial charge in [0.2, 0.25) is 0 Å². The van der Waals surface area contributed by atoms with Gasteiger partial charge in [0.15, 0.2) is 5.76 Å². The number of halogens is 1. The molecule has 0 unspecified atom stereocenters. The third kappa shape index (κ3) is 2.93. The Bertz CT molecular complexity index is 669. The lowest BCUT2D eigenvalue weighted by Gasteiger charge is -2.12. The Labute approximate surface area is 125 Å². The Balaban J connectivity index is 1.58. The van der Waals surface area contributed by atoms with Crippen LogP contribution in [0, 0.1) is 5.82 Å². The number of furan rings is 1. The Hall–Kier alpha value is -2.83. The van der Waals surface area contributed by atoms with Crippen LogP contribution < -0.4 is 10.2 Å². The summed E-state index contributed by atoms with van der Waals surface area (Å²) >= 11 is 0. The molecule has 3 rings (SSSR count). The van der Waals surface area contributed by atoms with Crippen molar-refractivity contribution in [3.63, 3.8) is 0 Å². The summed E-state index contributed by atoms with van der Waals surface area (Å²) in [6.45, 7) is 0.450. The van der Waals surface area contributed by atoms with Crippen molar-refractivity contribution in [1.82, 2.24) is 5.32 Å². The topological polar surface area (TPSA) is 71.8 Å². The highest BCUT2D eigenvalue weighted by Crippen LogP contribution is 2.21. The van der Waals surface area contributed by atoms with Crippen molar-refractivity contribution in [3.8, 4) is 0 Å². The monoisotopic (exact) mass is 304 g/mol. The minimum atomic E-state index is -0.524. The number of carbonyl (C=O) groups excluding carboxylic acids is 2. The molecule has 2 aromatic rings. The van der Waals surface area contributed by atoms with E-state index >= 15 is 0 Å². The van der Waals surface area contributed by atoms with Gasteiger partial charge in [0.05, 0.1) is 19.4 Å². The van der Waals surface area contributed by atoms with E-state index < -0.39 is 12.2 Å². The van der Waals surface area contributed by atoms with Crippen molar-refractivity contribution in [3.05, 3.63) is 54.2 Å². The molecular weight excluding hydrogens is 291 g/mol. The Kier molecular flexibility index (Phi) is 3.78. The van der Waals surface area contributed by atoms with E-state index in [9.17, 15) is 14.0 Å². The molecule has 0 aliphatic carbocycles. The lowest BCUT2D eigenvalue weighted by Crippen LogP contribution is -2.34. The predicted octanol–water partition coefficient (Wildman–Crippen LogP) is 2.17. The molecule has 1 aromatic heterocycles. The van der Waals surface area contributed by atoms with Crippen LogP contribution in [0.1, 0.15) is 10.6 Å². The number of nitrogens with one attached hydrogen (secondary N) is 1. The molecule has 6 nitrogen and oxygen atoms in total. The Morgan fingerprint density at radius 3 is 2.77 bits per heavy atom. The molecule has 2 heterocycles. The maximum atomic E-state index is 12.9. The zero-order valence-electron chi connectivity index (χ0n) is 11.5. The molecule has 1 fully saturated rings. The lowest BCUT2D eigenvalue weighted by molar-refractivity contribution is 0.0889. The van der Waals surface area contributed by atoms with Gasteiger partial charge in [-0.05, 0) is 36.4 Å². The lowest BCUT2D eigenvalue weighted by atomic mass is 10.2. The van der Waals surface area contributed by atoms with Crippen LogP contribution >= 0.6 is 0 Å². The number of cyclic esters (lactones) is 1. The zero-order valence-corrected chi connectivity index (χ0v) is 11.5. The van der Waals surface area contributed by atoms with E-state index in [1.807, 2.05) is 0 Å². The molecule has 0 bridgehead atoms. The minimum Gasteiger partial charge on any atom is -0.459 e. The fourth-order valence-electron chi connectivity index (χ4n) is 2.16. The smallest absolute Gasteiger partial charge is 0.414 e. The third-order valence-corrected chi connectivity index (χ3v) is 3.25. The first-order valence-corrected chi connectivity index (χ1v) is 6.69. The number of rotatable bonds is 4. The summed E-state index contributed by atoms with van der Waals surface area (Å²) in [6.07, 6.45) is 0.404. The number of amides is 2. The van der Waals surface area contributed by atoms with Gasteiger partial charge in [-0.3, -0.25) is 9.69 Å². The molecule has 2 amide bonds. The molecule has 0 saturated carbocycles. The van der Waals surface area contributed by atoms with Crippen molar-refractivity contribution < 1.29 is 23.1 Å². The quantitative estimate of drug-likeness (QED) is 0.939. The first-order chi connectivity index (χ1) is 10.6. The van der Waals surface area contributed by atoms with Crippen molar-refractivity contribution in [1.29, 1.82) is 0 Å². The number of hydrogen-bond donors (Lipinski definition) is 1. The van der Waals surface area contributed by atoms with Crippen molar-refractivity contribution in [2.75, 3.05) is 18.0 Å². The second-order valence-electron chi connectivity index (χ2n) is 4.78. The molecule has 1 aliphatic rings. The van der Waals surface area contributed by atoms with Gasteiger partial charge in [-0.1, -0.05) is 0 Å². The largest absolute Gasteiger partial charge is 0.459 e. The van der Waals surface area contributed by atoms with E-state index in [0.717, 1.165) is 0 Å². The second-order valence-corrected chi connectivity index (χ2v) is 4.78. The summed E-state index contributed by atoms with van der Waals surface area (Å²) in [7, 11) is 0. The number of hydrogen-bond acceptors (Lipinski definition) is 4. The molecule has 22 heavy (non-hydrogen) atoms. The molecule has 0 spiro atoms. The summed E-state index contributed by atoms with van der Waals surface area (Å²) in [5.41, 5.74) is 0.547. The predicted molar refractivity (Wildman–Crippen MR) is 75.1 cm³/mol. The molecule has 1 saturated heterocycles. The van der Waals surface area contributed by atoms with Gasteiger partial charge < -0.3 is 14.5 Å². The van der Waals surface area contributed by atoms with Crippen LogP contribution in [0.15, 0.2) is 47.1 Å². The second kappa shape index (κ2) is 5.88. The van der Waals surface area contributed by atoms with Crippen LogP contribution in [-0.4, -0.2) is 31.2 Å². The van der Waals surface area contributed by atoms with Crippen LogP contribution in [0.4, 0.5) is 14.9 Å². The van der Waals surface area contributed by atoms with Crippen LogP contribution in [-0.2, 0) is 4.74 Å². The maximum Gasteiger partial charge on any atom is 0.414 e. The maximum absolute atomic E-state index is 12.9. The van der Waals surface area contributed by atoms with E-state index in [-0.39, 0.29) is 30.6 Å². The van der Waals surface area contributed by atoms with E-state index in [1.165, 1.54) is 35.4 Å². The standard InChI is InChI=1S/C15H13FN2O4/c16-10-3-5-11(6-4-10)18-9-12(22-15(18)20)8-17-14(19)13-2-1-7-21-13/h1-7,12H,8-9H2,(H,17,19)/t12-/m1/s1. The first kappa shape index (κ1) is 14.1. The van der Waals surface area contributed by atoms with Crippen molar-refractivity contribution in [2.24, 2.45) is 0 Å². The fraction of sp³-hybridized carbons (Fsp3) is 0.200. The Morgan fingerprint density at radius 1 is 1.32 bits per heavy atom. The van der Waals surface area contributed by atoms with Crippen LogP contribution in [0.3, 0.4) is 0 Å². The van der Waals surface area contributed by atoms with E-state index in [2.05, 4.69) is 5.32 Å². The van der Waals surface area contributed by atoms with Gasteiger partial charge in [0, 0.05) is 5.69 Å². The van der Waals surface area contributed by atoms with E-state index in [0.29, 0.717) is 5.69 Å². The molecule has 1 atom stereocenters. The summed E-state index contributed by atoms with van der Waals surface area (Å²) in [5, 5.41) is 2.63. The highest BCUT2D eigenvalue weighted by atomic mass is 19.1. The molecule has 7 heteroatoms. The summed E-state index contributed by atoms with van der Waals surface area (Å²) in [5.74, 6) is -0.556. The average molecular weight is 304 g/mol. The van der Waals surface area contributed by atoms with Gasteiger partial charge in [0.25, 0.3) is 5.91 Å². The molecule has 1 N–H and O–H groups in total. The number of anilines is 1. The van der Waals surface area contributed by atoms with Gasteiger partial charge >= 0.3 is 6.09 Å². The van der Waals surface area contributed by atoms with Crippen LogP contribution in [0.5, 0.6) is 0 Å². The average Bonchev–Trinajstić information content (AvgIpc) is 3.15. The number of benzene rings is 1. The van der Waals surface area contributed by atoms with Crippen molar-refractivity contribution in [2.45, 2.75) is 6.10 Å². The third-order valence-electron chi connectivity index (χ3n) is 3.25. The molecule has 1 aromatic carbocycles. The normalized spacial score (nSPS) is 17.4. The molecular formula is C15H13FN2O4. The minimum absolute atomic E-state index is 0.170. The van der Waals surface area contributed by atoms with Crippen molar-refractivity contribution >= 4 is 17.7 Å². The van der Waals surface area contributed by atoms with Gasteiger partial charge in [-0.25, -0.2) is 9.18 Å². The van der Waals surface area contributed by atoms with Gasteiger partial charge in [-0.2, -0.15) is 0 Å². The van der Waals surface area contributed by atoms with Crippen LogP contribution in [0.25, 0.3) is 0 Å². The summed E-state index contributed by atoms with van der Waals surface area (Å²) in [6, 6.07) is 8.70.